The molecule has 0 fully saturated rings. The summed E-state index contributed by atoms with van der Waals surface area (Å²) in [5, 5.41) is 14.1. The molecule has 0 spiro atoms. The third-order valence-corrected chi connectivity index (χ3v) is 4.39. The number of nitriles is 1. The Bertz CT molecular complexity index is 922. The number of nitrogens with one attached hydrogen (secondary N) is 1. The van der Waals surface area contributed by atoms with Crippen molar-refractivity contribution in [1.29, 1.82) is 5.26 Å². The van der Waals surface area contributed by atoms with Gasteiger partial charge in [0.2, 0.25) is 0 Å². The lowest BCUT2D eigenvalue weighted by molar-refractivity contribution is 0.923. The number of benzene rings is 2. The molecule has 126 valence electrons. The van der Waals surface area contributed by atoms with Crippen LogP contribution in [-0.4, -0.2) is 4.98 Å². The van der Waals surface area contributed by atoms with Gasteiger partial charge in [-0.1, -0.05) is 51.0 Å². The predicted molar refractivity (Wildman–Crippen MR) is 104 cm³/mol. The maximum atomic E-state index is 9.57. The molecule has 2 aromatic carbocycles. The largest absolute Gasteiger partial charge is 0.354 e. The molecule has 1 N–H and O–H groups in total. The number of hydrogen-bond acceptors (Lipinski definition) is 3. The predicted octanol–water partition coefficient (Wildman–Crippen LogP) is 5.76. The van der Waals surface area contributed by atoms with Crippen molar-refractivity contribution < 1.29 is 0 Å². The number of nitrogens with zero attached hydrogens (tertiary/aromatic N) is 2. The molecule has 3 rings (SSSR count). The number of aromatic nitrogens is 1. The highest BCUT2D eigenvalue weighted by Crippen LogP contribution is 2.31. The summed E-state index contributed by atoms with van der Waals surface area (Å²) in [6.45, 7) is 4.35. The monoisotopic (exact) mass is 329 g/mol. The summed E-state index contributed by atoms with van der Waals surface area (Å²) in [7, 11) is 0. The second kappa shape index (κ2) is 7.81. The van der Waals surface area contributed by atoms with E-state index >= 15 is 0 Å². The second-order valence-electron chi connectivity index (χ2n) is 6.29. The van der Waals surface area contributed by atoms with Crippen molar-refractivity contribution in [1.82, 2.24) is 4.98 Å². The van der Waals surface area contributed by atoms with Crippen molar-refractivity contribution in [3.8, 4) is 6.07 Å². The Morgan fingerprint density at radius 1 is 1.04 bits per heavy atom. The quantitative estimate of drug-likeness (QED) is 0.626. The highest BCUT2D eigenvalue weighted by molar-refractivity contribution is 5.96. The summed E-state index contributed by atoms with van der Waals surface area (Å²) in [5.74, 6) is 0. The molecule has 0 atom stereocenters. The molecule has 0 saturated heterocycles. The minimum atomic E-state index is 0.576. The van der Waals surface area contributed by atoms with Gasteiger partial charge in [-0.2, -0.15) is 5.26 Å². The number of aryl methyl sites for hydroxylation is 2. The van der Waals surface area contributed by atoms with Crippen LogP contribution in [0.15, 0.2) is 48.7 Å². The summed E-state index contributed by atoms with van der Waals surface area (Å²) < 4.78 is 0. The van der Waals surface area contributed by atoms with Crippen LogP contribution >= 0.6 is 0 Å². The van der Waals surface area contributed by atoms with Crippen molar-refractivity contribution in [2.75, 3.05) is 5.32 Å². The second-order valence-corrected chi connectivity index (χ2v) is 6.29. The highest BCUT2D eigenvalue weighted by atomic mass is 14.9. The van der Waals surface area contributed by atoms with Gasteiger partial charge in [0.15, 0.2) is 0 Å². The number of rotatable bonds is 6. The van der Waals surface area contributed by atoms with E-state index < -0.39 is 0 Å². The average molecular weight is 329 g/mol. The fourth-order valence-electron chi connectivity index (χ4n) is 3.17. The highest BCUT2D eigenvalue weighted by Gasteiger charge is 2.11. The maximum absolute atomic E-state index is 9.57. The van der Waals surface area contributed by atoms with Gasteiger partial charge in [0.1, 0.15) is 6.07 Å². The lowest BCUT2D eigenvalue weighted by Crippen LogP contribution is -2.00. The molecule has 25 heavy (non-hydrogen) atoms. The van der Waals surface area contributed by atoms with Crippen molar-refractivity contribution in [3.63, 3.8) is 0 Å². The van der Waals surface area contributed by atoms with Crippen molar-refractivity contribution in [3.05, 3.63) is 65.4 Å². The van der Waals surface area contributed by atoms with Gasteiger partial charge in [-0.05, 0) is 42.2 Å². The number of anilines is 2. The molecule has 1 heterocycles. The summed E-state index contributed by atoms with van der Waals surface area (Å²) in [6.07, 6.45) is 5.88. The number of pyridine rings is 1. The van der Waals surface area contributed by atoms with Gasteiger partial charge in [-0.25, -0.2) is 0 Å². The van der Waals surface area contributed by atoms with Crippen molar-refractivity contribution in [2.45, 2.75) is 39.5 Å². The van der Waals surface area contributed by atoms with E-state index in [1.54, 1.807) is 6.20 Å². The number of fused-ring (bicyclic) bond motifs is 1. The molecule has 3 aromatic rings. The summed E-state index contributed by atoms with van der Waals surface area (Å²) in [4.78, 5) is 4.45. The van der Waals surface area contributed by atoms with Crippen LogP contribution in [0.2, 0.25) is 0 Å². The smallest absolute Gasteiger partial charge is 0.103 e. The van der Waals surface area contributed by atoms with Crippen LogP contribution in [-0.2, 0) is 12.8 Å². The average Bonchev–Trinajstić information content (AvgIpc) is 2.64. The van der Waals surface area contributed by atoms with E-state index in [1.807, 2.05) is 12.1 Å². The minimum Gasteiger partial charge on any atom is -0.354 e. The molecule has 0 amide bonds. The van der Waals surface area contributed by atoms with E-state index in [0.717, 1.165) is 48.0 Å². The van der Waals surface area contributed by atoms with Crippen LogP contribution in [0, 0.1) is 11.3 Å². The minimum absolute atomic E-state index is 0.576. The van der Waals surface area contributed by atoms with Crippen LogP contribution in [0.4, 0.5) is 11.4 Å². The molecule has 0 saturated carbocycles. The van der Waals surface area contributed by atoms with Crippen LogP contribution < -0.4 is 5.32 Å². The van der Waals surface area contributed by atoms with E-state index in [9.17, 15) is 5.26 Å². The first-order valence-corrected chi connectivity index (χ1v) is 8.93. The normalized spacial score (nSPS) is 10.6. The van der Waals surface area contributed by atoms with Crippen molar-refractivity contribution in [2.24, 2.45) is 0 Å². The van der Waals surface area contributed by atoms with Gasteiger partial charge in [0.05, 0.1) is 16.8 Å². The maximum Gasteiger partial charge on any atom is 0.103 e. The first-order chi connectivity index (χ1) is 12.3. The van der Waals surface area contributed by atoms with Gasteiger partial charge in [0.25, 0.3) is 0 Å². The van der Waals surface area contributed by atoms with Crippen LogP contribution in [0.3, 0.4) is 0 Å². The molecule has 0 aliphatic carbocycles. The fourth-order valence-corrected chi connectivity index (χ4v) is 3.17. The van der Waals surface area contributed by atoms with E-state index in [1.165, 1.54) is 11.1 Å². The van der Waals surface area contributed by atoms with Crippen LogP contribution in [0.1, 0.15) is 43.4 Å². The Hall–Kier alpha value is -2.86. The Labute approximate surface area is 149 Å². The standard InChI is InChI=1S/C22H23N3/c1-3-7-16-11-12-21-19(13-16)22(18(14-23)15-24-21)25-20-10-6-5-9-17(20)8-4-2/h5-6,9-13,15H,3-4,7-8H2,1-2H3,(H,24,25). The molecule has 0 radical (unpaired) electrons. The Kier molecular flexibility index (Phi) is 5.30. The summed E-state index contributed by atoms with van der Waals surface area (Å²) >= 11 is 0. The molecule has 1 aromatic heterocycles. The molecule has 0 unspecified atom stereocenters. The van der Waals surface area contributed by atoms with Gasteiger partial charge < -0.3 is 5.32 Å². The van der Waals surface area contributed by atoms with E-state index in [2.05, 4.69) is 60.5 Å². The van der Waals surface area contributed by atoms with Gasteiger partial charge in [-0.3, -0.25) is 4.98 Å². The molecule has 0 aliphatic rings. The molecule has 0 aliphatic heterocycles. The zero-order valence-electron chi connectivity index (χ0n) is 14.8. The Morgan fingerprint density at radius 3 is 2.60 bits per heavy atom. The van der Waals surface area contributed by atoms with Crippen molar-refractivity contribution >= 4 is 22.3 Å². The first-order valence-electron chi connectivity index (χ1n) is 8.93. The van der Waals surface area contributed by atoms with Gasteiger partial charge in [0, 0.05) is 17.3 Å². The Balaban J connectivity index is 2.13. The molecular weight excluding hydrogens is 306 g/mol. The van der Waals surface area contributed by atoms with Crippen LogP contribution in [0.5, 0.6) is 0 Å². The Morgan fingerprint density at radius 2 is 1.84 bits per heavy atom. The van der Waals surface area contributed by atoms with E-state index in [0.29, 0.717) is 5.56 Å². The number of hydrogen-bond donors (Lipinski definition) is 1. The fraction of sp³-hybridized carbons (Fsp3) is 0.273. The lowest BCUT2D eigenvalue weighted by atomic mass is 10.0. The lowest BCUT2D eigenvalue weighted by Gasteiger charge is -2.15. The third kappa shape index (κ3) is 3.64. The third-order valence-electron chi connectivity index (χ3n) is 4.39. The topological polar surface area (TPSA) is 48.7 Å². The SMILES string of the molecule is CCCc1ccc2ncc(C#N)c(Nc3ccccc3CCC)c2c1. The number of para-hydroxylation sites is 1. The zero-order chi connectivity index (χ0) is 17.6. The van der Waals surface area contributed by atoms with Crippen LogP contribution in [0.25, 0.3) is 10.9 Å². The molecular formula is C22H23N3. The summed E-state index contributed by atoms with van der Waals surface area (Å²) in [5.41, 5.74) is 5.95. The zero-order valence-corrected chi connectivity index (χ0v) is 14.8. The van der Waals surface area contributed by atoms with Gasteiger partial charge in [-0.15, -0.1) is 0 Å². The molecule has 3 heteroatoms. The summed E-state index contributed by atoms with van der Waals surface area (Å²) in [6, 6.07) is 16.9. The van der Waals surface area contributed by atoms with Gasteiger partial charge >= 0.3 is 0 Å². The first kappa shape index (κ1) is 17.0. The van der Waals surface area contributed by atoms with E-state index in [-0.39, 0.29) is 0 Å². The molecule has 0 bridgehead atoms. The molecule has 3 nitrogen and oxygen atoms in total. The van der Waals surface area contributed by atoms with E-state index in [4.69, 9.17) is 0 Å².